The van der Waals surface area contributed by atoms with Gasteiger partial charge in [0.15, 0.2) is 12.4 Å². The molecule has 28 heavy (non-hydrogen) atoms. The van der Waals surface area contributed by atoms with E-state index in [0.29, 0.717) is 16.3 Å². The van der Waals surface area contributed by atoms with Crippen molar-refractivity contribution in [1.29, 1.82) is 5.26 Å². The van der Waals surface area contributed by atoms with Gasteiger partial charge in [-0.2, -0.15) is 5.26 Å². The number of benzene rings is 2. The molecule has 0 radical (unpaired) electrons. The lowest BCUT2D eigenvalue weighted by Crippen LogP contribution is -2.21. The van der Waals surface area contributed by atoms with Gasteiger partial charge >= 0.3 is 5.97 Å². The number of nitriles is 1. The average molecular weight is 417 g/mol. The molecule has 2 rings (SSSR count). The number of carbonyl (C=O) groups excluding carboxylic acids is 3. The van der Waals surface area contributed by atoms with Crippen molar-refractivity contribution >= 4 is 46.7 Å². The number of Topliss-reactive ketones (excluding diaryl/α,β-unsaturated/α-hetero) is 1. The molecule has 0 aliphatic rings. The third-order valence-electron chi connectivity index (χ3n) is 3.54. The van der Waals surface area contributed by atoms with Crippen LogP contribution in [0.15, 0.2) is 53.4 Å². The maximum absolute atomic E-state index is 12.0. The molecule has 6 nitrogen and oxygen atoms in total. The Morgan fingerprint density at radius 3 is 2.50 bits per heavy atom. The first kappa shape index (κ1) is 21.5. The summed E-state index contributed by atoms with van der Waals surface area (Å²) in [5.41, 5.74) is 1.00. The lowest BCUT2D eigenvalue weighted by atomic mass is 10.1. The van der Waals surface area contributed by atoms with E-state index in [2.05, 4.69) is 5.32 Å². The predicted octanol–water partition coefficient (Wildman–Crippen LogP) is 4.10. The maximum Gasteiger partial charge on any atom is 0.306 e. The van der Waals surface area contributed by atoms with Gasteiger partial charge in [0.2, 0.25) is 0 Å². The van der Waals surface area contributed by atoms with Gasteiger partial charge in [-0.15, -0.1) is 11.8 Å². The fourth-order valence-electron chi connectivity index (χ4n) is 2.21. The van der Waals surface area contributed by atoms with Crippen LogP contribution in [0.3, 0.4) is 0 Å². The summed E-state index contributed by atoms with van der Waals surface area (Å²) >= 11 is 7.06. The smallest absolute Gasteiger partial charge is 0.306 e. The number of amides is 1. The van der Waals surface area contributed by atoms with Crippen molar-refractivity contribution in [1.82, 2.24) is 0 Å². The quantitative estimate of drug-likeness (QED) is 0.375. The molecule has 0 atom stereocenters. The van der Waals surface area contributed by atoms with Crippen molar-refractivity contribution < 1.29 is 19.1 Å². The largest absolute Gasteiger partial charge is 0.456 e. The number of nitrogens with zero attached hydrogens (tertiary/aromatic N) is 1. The molecule has 0 unspecified atom stereocenters. The minimum Gasteiger partial charge on any atom is -0.456 e. The first-order valence-electron chi connectivity index (χ1n) is 8.32. The molecule has 0 spiro atoms. The van der Waals surface area contributed by atoms with Crippen LogP contribution in [-0.4, -0.2) is 30.0 Å². The van der Waals surface area contributed by atoms with E-state index in [1.807, 2.05) is 6.07 Å². The van der Waals surface area contributed by atoms with Crippen LogP contribution < -0.4 is 5.32 Å². The number of ether oxygens (including phenoxy) is 1. The highest BCUT2D eigenvalue weighted by molar-refractivity contribution is 7.99. The zero-order valence-electron chi connectivity index (χ0n) is 14.8. The van der Waals surface area contributed by atoms with Crippen molar-refractivity contribution in [2.24, 2.45) is 0 Å². The van der Waals surface area contributed by atoms with E-state index in [4.69, 9.17) is 21.6 Å². The van der Waals surface area contributed by atoms with Crippen LogP contribution in [0.25, 0.3) is 0 Å². The molecule has 144 valence electrons. The van der Waals surface area contributed by atoms with E-state index in [9.17, 15) is 14.4 Å². The van der Waals surface area contributed by atoms with E-state index in [-0.39, 0.29) is 24.4 Å². The normalized spacial score (nSPS) is 10.0. The van der Waals surface area contributed by atoms with E-state index in [0.717, 1.165) is 4.90 Å². The minimum absolute atomic E-state index is 0.0181. The zero-order valence-corrected chi connectivity index (χ0v) is 16.4. The maximum atomic E-state index is 12.0. The predicted molar refractivity (Wildman–Crippen MR) is 107 cm³/mol. The number of nitrogens with one attached hydrogen (secondary N) is 1. The van der Waals surface area contributed by atoms with Crippen LogP contribution in [-0.2, 0) is 14.3 Å². The number of anilines is 1. The summed E-state index contributed by atoms with van der Waals surface area (Å²) in [6.45, 7) is -0.453. The highest BCUT2D eigenvalue weighted by Gasteiger charge is 2.13. The molecular formula is C20H17ClN2O4S. The molecule has 0 bridgehead atoms. The van der Waals surface area contributed by atoms with Crippen molar-refractivity contribution in [2.45, 2.75) is 17.7 Å². The first-order chi connectivity index (χ1) is 13.5. The fraction of sp³-hybridized carbons (Fsp3) is 0.200. The van der Waals surface area contributed by atoms with Gasteiger partial charge in [0, 0.05) is 21.9 Å². The number of halogens is 1. The highest BCUT2D eigenvalue weighted by Crippen LogP contribution is 2.26. The Labute approximate surface area is 171 Å². The Morgan fingerprint density at radius 1 is 1.07 bits per heavy atom. The molecule has 1 N–H and O–H groups in total. The topological polar surface area (TPSA) is 96.3 Å². The third-order valence-corrected chi connectivity index (χ3v) is 4.73. The monoisotopic (exact) mass is 416 g/mol. The van der Waals surface area contributed by atoms with Gasteiger partial charge in [-0.25, -0.2) is 0 Å². The van der Waals surface area contributed by atoms with Crippen molar-refractivity contribution in [2.75, 3.05) is 17.7 Å². The standard InChI is InChI=1S/C20H17ClN2O4S/c21-15-7-5-14(6-8-15)17(24)9-10-20(26)27-13-19(25)23-16-3-1-2-4-18(16)28-12-11-22/h1-8H,9-10,12-13H2,(H,23,25). The molecule has 1 amide bonds. The van der Waals surface area contributed by atoms with Gasteiger partial charge < -0.3 is 10.1 Å². The number of ketones is 1. The lowest BCUT2D eigenvalue weighted by molar-refractivity contribution is -0.147. The van der Waals surface area contributed by atoms with Crippen LogP contribution >= 0.6 is 23.4 Å². The molecule has 0 saturated carbocycles. The lowest BCUT2D eigenvalue weighted by Gasteiger charge is -2.10. The number of esters is 1. The molecule has 0 aliphatic carbocycles. The van der Waals surface area contributed by atoms with Crippen LogP contribution in [0.1, 0.15) is 23.2 Å². The number of thioether (sulfide) groups is 1. The summed E-state index contributed by atoms with van der Waals surface area (Å²) in [5, 5.41) is 11.8. The molecule has 0 saturated heterocycles. The van der Waals surface area contributed by atoms with Crippen molar-refractivity contribution in [3.05, 3.63) is 59.1 Å². The van der Waals surface area contributed by atoms with Gasteiger partial charge in [0.25, 0.3) is 5.91 Å². The van der Waals surface area contributed by atoms with Crippen molar-refractivity contribution in [3.8, 4) is 6.07 Å². The van der Waals surface area contributed by atoms with Gasteiger partial charge in [-0.3, -0.25) is 14.4 Å². The molecule has 2 aromatic rings. The Morgan fingerprint density at radius 2 is 1.79 bits per heavy atom. The highest BCUT2D eigenvalue weighted by atomic mass is 35.5. The second-order valence-electron chi connectivity index (χ2n) is 5.58. The number of hydrogen-bond donors (Lipinski definition) is 1. The van der Waals surface area contributed by atoms with Crippen LogP contribution in [0.2, 0.25) is 5.02 Å². The first-order valence-corrected chi connectivity index (χ1v) is 9.69. The molecule has 0 aliphatic heterocycles. The van der Waals surface area contributed by atoms with Crippen LogP contribution in [0.5, 0.6) is 0 Å². The summed E-state index contributed by atoms with van der Waals surface area (Å²) in [6.07, 6.45) is -0.140. The van der Waals surface area contributed by atoms with Crippen molar-refractivity contribution in [3.63, 3.8) is 0 Å². The summed E-state index contributed by atoms with van der Waals surface area (Å²) in [5.74, 6) is -1.09. The Bertz CT molecular complexity index is 894. The van der Waals surface area contributed by atoms with E-state index in [1.54, 1.807) is 48.5 Å². The Hall–Kier alpha value is -2.82. The number of hydrogen-bond acceptors (Lipinski definition) is 6. The minimum atomic E-state index is -0.635. The third kappa shape index (κ3) is 7.06. The molecule has 0 fully saturated rings. The van der Waals surface area contributed by atoms with Gasteiger partial charge in [0.1, 0.15) is 0 Å². The molecule has 2 aromatic carbocycles. The zero-order chi connectivity index (χ0) is 20.4. The fourth-order valence-corrected chi connectivity index (χ4v) is 3.00. The molecule has 0 aromatic heterocycles. The summed E-state index contributed by atoms with van der Waals surface area (Å²) < 4.78 is 4.92. The molecule has 8 heteroatoms. The molecule has 0 heterocycles. The van der Waals surface area contributed by atoms with E-state index < -0.39 is 18.5 Å². The number of para-hydroxylation sites is 1. The Balaban J connectivity index is 1.77. The number of carbonyl (C=O) groups is 3. The van der Waals surface area contributed by atoms with Gasteiger partial charge in [0.05, 0.1) is 23.9 Å². The SMILES string of the molecule is N#CCSc1ccccc1NC(=O)COC(=O)CCC(=O)c1ccc(Cl)cc1. The average Bonchev–Trinajstić information content (AvgIpc) is 2.70. The van der Waals surface area contributed by atoms with E-state index >= 15 is 0 Å². The van der Waals surface area contributed by atoms with Crippen LogP contribution in [0, 0.1) is 11.3 Å². The van der Waals surface area contributed by atoms with E-state index in [1.165, 1.54) is 11.8 Å². The second-order valence-corrected chi connectivity index (χ2v) is 7.04. The van der Waals surface area contributed by atoms with Crippen LogP contribution in [0.4, 0.5) is 5.69 Å². The molecular weight excluding hydrogens is 400 g/mol. The Kier molecular flexibility index (Phi) is 8.53. The summed E-state index contributed by atoms with van der Waals surface area (Å²) in [4.78, 5) is 36.5. The van der Waals surface area contributed by atoms with Gasteiger partial charge in [-0.05, 0) is 36.4 Å². The summed E-state index contributed by atoms with van der Waals surface area (Å²) in [7, 11) is 0. The second kappa shape index (κ2) is 11.1. The summed E-state index contributed by atoms with van der Waals surface area (Å²) in [6, 6.07) is 15.4. The van der Waals surface area contributed by atoms with Gasteiger partial charge in [-0.1, -0.05) is 23.7 Å². The number of rotatable bonds is 9.